The maximum absolute atomic E-state index is 13.6. The van der Waals surface area contributed by atoms with Crippen LogP contribution in [0, 0.1) is 5.82 Å². The first-order chi connectivity index (χ1) is 12.5. The summed E-state index contributed by atoms with van der Waals surface area (Å²) in [5.41, 5.74) is 2.53. The van der Waals surface area contributed by atoms with E-state index in [4.69, 9.17) is 4.74 Å². The second kappa shape index (κ2) is 6.25. The molecule has 1 unspecified atom stereocenters. The van der Waals surface area contributed by atoms with Crippen LogP contribution < -0.4 is 5.32 Å². The van der Waals surface area contributed by atoms with E-state index in [9.17, 15) is 9.18 Å². The Morgan fingerprint density at radius 2 is 2.19 bits per heavy atom. The molecule has 1 N–H and O–H groups in total. The number of thiophene rings is 1. The number of carbonyl (C=O) groups is 1. The van der Waals surface area contributed by atoms with Crippen LogP contribution in [0.2, 0.25) is 0 Å². The smallest absolute Gasteiger partial charge is 0.338 e. The summed E-state index contributed by atoms with van der Waals surface area (Å²) in [6.07, 6.45) is -0.221. The number of fused-ring (bicyclic) bond motifs is 3. The lowest BCUT2D eigenvalue weighted by Crippen LogP contribution is -2.29. The van der Waals surface area contributed by atoms with E-state index in [1.807, 2.05) is 42.9 Å². The predicted octanol–water partition coefficient (Wildman–Crippen LogP) is 4.48. The summed E-state index contributed by atoms with van der Waals surface area (Å²) in [7, 11) is 0. The van der Waals surface area contributed by atoms with Crippen LogP contribution in [0.1, 0.15) is 31.7 Å². The van der Waals surface area contributed by atoms with Crippen LogP contribution in [-0.2, 0) is 9.53 Å². The van der Waals surface area contributed by atoms with E-state index in [-0.39, 0.29) is 23.9 Å². The van der Waals surface area contributed by atoms with E-state index in [1.54, 1.807) is 17.4 Å². The van der Waals surface area contributed by atoms with Crippen LogP contribution in [0.4, 0.5) is 10.3 Å². The van der Waals surface area contributed by atoms with Crippen LogP contribution in [0.25, 0.3) is 11.0 Å². The number of carbonyl (C=O) groups excluding carboxylic acids is 1. The molecule has 0 aliphatic carbocycles. The molecule has 4 rings (SSSR count). The molecule has 7 heteroatoms. The lowest BCUT2D eigenvalue weighted by atomic mass is 10.0. The lowest BCUT2D eigenvalue weighted by molar-refractivity contribution is -0.143. The quantitative estimate of drug-likeness (QED) is 0.690. The largest absolute Gasteiger partial charge is 0.459 e. The van der Waals surface area contributed by atoms with E-state index < -0.39 is 0 Å². The maximum Gasteiger partial charge on any atom is 0.338 e. The monoisotopic (exact) mass is 371 g/mol. The third-order valence-corrected chi connectivity index (χ3v) is 5.19. The number of halogens is 1. The molecule has 26 heavy (non-hydrogen) atoms. The minimum Gasteiger partial charge on any atom is -0.459 e. The molecule has 0 fully saturated rings. The van der Waals surface area contributed by atoms with Crippen molar-refractivity contribution in [2.24, 2.45) is 0 Å². The molecule has 3 heterocycles. The van der Waals surface area contributed by atoms with Crippen molar-refractivity contribution in [3.63, 3.8) is 0 Å². The molecule has 1 atom stereocenters. The van der Waals surface area contributed by atoms with E-state index in [0.29, 0.717) is 22.7 Å². The van der Waals surface area contributed by atoms with Crippen LogP contribution >= 0.6 is 11.3 Å². The molecule has 3 aromatic rings. The minimum absolute atomic E-state index is 0.221. The third kappa shape index (κ3) is 2.68. The minimum atomic E-state index is -0.368. The molecule has 0 bridgehead atoms. The second-order valence-corrected chi connectivity index (χ2v) is 7.45. The van der Waals surface area contributed by atoms with E-state index >= 15 is 0 Å². The number of imidazole rings is 1. The molecule has 1 aromatic carbocycles. The highest BCUT2D eigenvalue weighted by Gasteiger charge is 2.35. The summed E-state index contributed by atoms with van der Waals surface area (Å²) in [5.74, 6) is -0.120. The van der Waals surface area contributed by atoms with Crippen LogP contribution in [0.5, 0.6) is 0 Å². The van der Waals surface area contributed by atoms with Crippen molar-refractivity contribution in [3.05, 3.63) is 57.7 Å². The number of rotatable bonds is 3. The summed E-state index contributed by atoms with van der Waals surface area (Å²) >= 11 is 1.56. The Balaban J connectivity index is 1.94. The zero-order valence-corrected chi connectivity index (χ0v) is 15.4. The number of hydrogen-bond acceptors (Lipinski definition) is 5. The van der Waals surface area contributed by atoms with Crippen molar-refractivity contribution in [1.82, 2.24) is 9.55 Å². The Morgan fingerprint density at radius 1 is 1.38 bits per heavy atom. The highest BCUT2D eigenvalue weighted by Crippen LogP contribution is 2.41. The molecule has 0 saturated heterocycles. The zero-order chi connectivity index (χ0) is 18.4. The van der Waals surface area contributed by atoms with Gasteiger partial charge in [-0.25, -0.2) is 14.2 Å². The van der Waals surface area contributed by atoms with Gasteiger partial charge in [0, 0.05) is 16.6 Å². The first kappa shape index (κ1) is 16.8. The number of benzene rings is 1. The summed E-state index contributed by atoms with van der Waals surface area (Å²) < 4.78 is 21.1. The summed E-state index contributed by atoms with van der Waals surface area (Å²) in [5, 5.41) is 5.15. The van der Waals surface area contributed by atoms with Crippen molar-refractivity contribution >= 4 is 34.3 Å². The number of aromatic nitrogens is 2. The molecule has 0 saturated carbocycles. The van der Waals surface area contributed by atoms with Gasteiger partial charge in [-0.05, 0) is 44.4 Å². The first-order valence-corrected chi connectivity index (χ1v) is 9.23. The Bertz CT molecular complexity index is 1020. The number of allylic oxidation sites excluding steroid dienone is 1. The molecule has 2 aromatic heterocycles. The summed E-state index contributed by atoms with van der Waals surface area (Å²) in [6.45, 7) is 5.48. The van der Waals surface area contributed by atoms with Gasteiger partial charge in [0.1, 0.15) is 11.9 Å². The van der Waals surface area contributed by atoms with Gasteiger partial charge in [-0.3, -0.25) is 4.57 Å². The maximum atomic E-state index is 13.6. The van der Waals surface area contributed by atoms with Gasteiger partial charge >= 0.3 is 5.97 Å². The van der Waals surface area contributed by atoms with Crippen molar-refractivity contribution in [1.29, 1.82) is 0 Å². The van der Waals surface area contributed by atoms with Crippen molar-refractivity contribution in [2.45, 2.75) is 32.9 Å². The molecule has 1 aliphatic rings. The highest BCUT2D eigenvalue weighted by molar-refractivity contribution is 7.10. The molecule has 134 valence electrons. The first-order valence-electron chi connectivity index (χ1n) is 8.35. The SMILES string of the molecule is CC1=C(C(=O)OC(C)C)C(c2cccs2)n2c(nc3cc(F)ccc32)N1. The zero-order valence-electron chi connectivity index (χ0n) is 14.6. The Kier molecular flexibility index (Phi) is 4.03. The number of nitrogens with zero attached hydrogens (tertiary/aromatic N) is 2. The highest BCUT2D eigenvalue weighted by atomic mass is 32.1. The standard InChI is InChI=1S/C19H18FN3O2S/c1-10(2)25-18(24)16-11(3)21-19-22-13-9-12(20)6-7-14(13)23(19)17(16)15-5-4-8-26-15/h4-10,17H,1-3H3,(H,21,22). The lowest BCUT2D eigenvalue weighted by Gasteiger charge is -2.29. The molecular weight excluding hydrogens is 353 g/mol. The molecule has 5 nitrogen and oxygen atoms in total. The van der Waals surface area contributed by atoms with Crippen molar-refractivity contribution < 1.29 is 13.9 Å². The number of nitrogens with one attached hydrogen (secondary N) is 1. The van der Waals surface area contributed by atoms with Crippen LogP contribution in [0.15, 0.2) is 47.0 Å². The number of ether oxygens (including phenoxy) is 1. The number of hydrogen-bond donors (Lipinski definition) is 1. The molecular formula is C19H18FN3O2S. The predicted molar refractivity (Wildman–Crippen MR) is 99.7 cm³/mol. The van der Waals surface area contributed by atoms with E-state index in [2.05, 4.69) is 10.3 Å². The fourth-order valence-corrected chi connectivity index (χ4v) is 4.07. The number of anilines is 1. The molecule has 1 aliphatic heterocycles. The molecule has 0 spiro atoms. The Morgan fingerprint density at radius 3 is 2.88 bits per heavy atom. The Hall–Kier alpha value is -2.67. The van der Waals surface area contributed by atoms with Gasteiger partial charge in [-0.15, -0.1) is 11.3 Å². The van der Waals surface area contributed by atoms with Crippen molar-refractivity contribution in [2.75, 3.05) is 5.32 Å². The van der Waals surface area contributed by atoms with E-state index in [0.717, 1.165) is 10.4 Å². The van der Waals surface area contributed by atoms with Crippen LogP contribution in [-0.4, -0.2) is 21.6 Å². The van der Waals surface area contributed by atoms with E-state index in [1.165, 1.54) is 12.1 Å². The number of esters is 1. The topological polar surface area (TPSA) is 56.2 Å². The van der Waals surface area contributed by atoms with Gasteiger partial charge in [0.15, 0.2) is 0 Å². The van der Waals surface area contributed by atoms with Gasteiger partial charge in [-0.2, -0.15) is 0 Å². The molecule has 0 radical (unpaired) electrons. The second-order valence-electron chi connectivity index (χ2n) is 6.47. The fourth-order valence-electron chi connectivity index (χ4n) is 3.25. The van der Waals surface area contributed by atoms with Crippen molar-refractivity contribution in [3.8, 4) is 0 Å². The summed E-state index contributed by atoms with van der Waals surface area (Å²) in [6, 6.07) is 8.05. The molecule has 0 amide bonds. The Labute approximate surface area is 154 Å². The fraction of sp³-hybridized carbons (Fsp3) is 0.263. The third-order valence-electron chi connectivity index (χ3n) is 4.26. The summed E-state index contributed by atoms with van der Waals surface area (Å²) in [4.78, 5) is 18.3. The average molecular weight is 371 g/mol. The van der Waals surface area contributed by atoms with Crippen LogP contribution in [0.3, 0.4) is 0 Å². The normalized spacial score (nSPS) is 16.7. The average Bonchev–Trinajstić information content (AvgIpc) is 3.19. The van der Waals surface area contributed by atoms with Gasteiger partial charge in [0.05, 0.1) is 22.7 Å². The van der Waals surface area contributed by atoms with Gasteiger partial charge < -0.3 is 10.1 Å². The van der Waals surface area contributed by atoms with Gasteiger partial charge in [0.25, 0.3) is 0 Å². The van der Waals surface area contributed by atoms with Gasteiger partial charge in [0.2, 0.25) is 5.95 Å². The van der Waals surface area contributed by atoms with Gasteiger partial charge in [-0.1, -0.05) is 6.07 Å².